The van der Waals surface area contributed by atoms with Crippen LogP contribution in [0.3, 0.4) is 0 Å². The molecule has 0 heterocycles. The number of hydrogen-bond donors (Lipinski definition) is 3. The SMILES string of the molecule is CCNC(=O)NC(=O)COC(=O)[C@@H](NC(=O)c1ccccc1OC)C(C)C. The lowest BCUT2D eigenvalue weighted by atomic mass is 10.0. The zero-order chi connectivity index (χ0) is 20.4. The van der Waals surface area contributed by atoms with Crippen molar-refractivity contribution in [3.05, 3.63) is 29.8 Å². The molecule has 0 spiro atoms. The fourth-order valence-electron chi connectivity index (χ4n) is 2.14. The second-order valence-electron chi connectivity index (χ2n) is 5.91. The van der Waals surface area contributed by atoms with Gasteiger partial charge in [-0.2, -0.15) is 0 Å². The van der Waals surface area contributed by atoms with Crippen molar-refractivity contribution in [2.45, 2.75) is 26.8 Å². The molecule has 0 aromatic heterocycles. The minimum absolute atomic E-state index is 0.271. The lowest BCUT2D eigenvalue weighted by molar-refractivity contribution is -0.151. The van der Waals surface area contributed by atoms with Gasteiger partial charge in [0.25, 0.3) is 11.8 Å². The van der Waals surface area contributed by atoms with E-state index >= 15 is 0 Å². The van der Waals surface area contributed by atoms with Gasteiger partial charge in [-0.1, -0.05) is 26.0 Å². The number of urea groups is 1. The minimum atomic E-state index is -0.973. The van der Waals surface area contributed by atoms with E-state index in [1.54, 1.807) is 45.0 Å². The topological polar surface area (TPSA) is 123 Å². The van der Waals surface area contributed by atoms with Crippen LogP contribution in [-0.2, 0) is 14.3 Å². The first-order valence-electron chi connectivity index (χ1n) is 8.48. The van der Waals surface area contributed by atoms with Gasteiger partial charge in [0, 0.05) is 6.54 Å². The number of ether oxygens (including phenoxy) is 2. The van der Waals surface area contributed by atoms with Crippen molar-refractivity contribution in [1.29, 1.82) is 0 Å². The molecule has 148 valence electrons. The Bertz CT molecular complexity index is 689. The van der Waals surface area contributed by atoms with Gasteiger partial charge in [0.1, 0.15) is 11.8 Å². The molecular weight excluding hydrogens is 354 g/mol. The number of methoxy groups -OCH3 is 1. The van der Waals surface area contributed by atoms with Crippen LogP contribution in [0.25, 0.3) is 0 Å². The Balaban J connectivity index is 2.69. The van der Waals surface area contributed by atoms with Crippen LogP contribution in [0.1, 0.15) is 31.1 Å². The predicted octanol–water partition coefficient (Wildman–Crippen LogP) is 0.839. The van der Waals surface area contributed by atoms with Crippen LogP contribution in [0.2, 0.25) is 0 Å². The van der Waals surface area contributed by atoms with Gasteiger partial charge in [-0.05, 0) is 25.0 Å². The number of imide groups is 1. The van der Waals surface area contributed by atoms with Gasteiger partial charge in [0.15, 0.2) is 6.61 Å². The molecule has 9 nitrogen and oxygen atoms in total. The van der Waals surface area contributed by atoms with E-state index in [1.165, 1.54) is 7.11 Å². The average Bonchev–Trinajstić information content (AvgIpc) is 2.63. The van der Waals surface area contributed by atoms with E-state index in [0.717, 1.165) is 0 Å². The molecule has 9 heteroatoms. The van der Waals surface area contributed by atoms with Crippen molar-refractivity contribution in [3.8, 4) is 5.75 Å². The summed E-state index contributed by atoms with van der Waals surface area (Å²) < 4.78 is 10.1. The fourth-order valence-corrected chi connectivity index (χ4v) is 2.14. The largest absolute Gasteiger partial charge is 0.496 e. The third-order valence-electron chi connectivity index (χ3n) is 3.49. The predicted molar refractivity (Wildman–Crippen MR) is 97.3 cm³/mol. The Morgan fingerprint density at radius 1 is 1.11 bits per heavy atom. The first kappa shape index (κ1) is 21.9. The number of amides is 4. The van der Waals surface area contributed by atoms with Gasteiger partial charge in [0.05, 0.1) is 12.7 Å². The van der Waals surface area contributed by atoms with Crippen molar-refractivity contribution in [2.24, 2.45) is 5.92 Å². The summed E-state index contributed by atoms with van der Waals surface area (Å²) in [7, 11) is 1.44. The molecule has 0 radical (unpaired) electrons. The van der Waals surface area contributed by atoms with Gasteiger partial charge in [-0.25, -0.2) is 9.59 Å². The number of carbonyl (C=O) groups is 4. The van der Waals surface area contributed by atoms with E-state index in [1.807, 2.05) is 5.32 Å². The highest BCUT2D eigenvalue weighted by molar-refractivity contribution is 5.99. The monoisotopic (exact) mass is 379 g/mol. The minimum Gasteiger partial charge on any atom is -0.496 e. The Hall–Kier alpha value is -3.10. The van der Waals surface area contributed by atoms with Crippen LogP contribution in [0, 0.1) is 5.92 Å². The number of hydrogen-bond acceptors (Lipinski definition) is 6. The normalized spacial score (nSPS) is 11.3. The van der Waals surface area contributed by atoms with Gasteiger partial charge >= 0.3 is 12.0 Å². The van der Waals surface area contributed by atoms with E-state index in [9.17, 15) is 19.2 Å². The summed E-state index contributed by atoms with van der Waals surface area (Å²) in [6, 6.07) is 4.94. The zero-order valence-corrected chi connectivity index (χ0v) is 15.8. The summed E-state index contributed by atoms with van der Waals surface area (Å²) >= 11 is 0. The fraction of sp³-hybridized carbons (Fsp3) is 0.444. The van der Waals surface area contributed by atoms with Crippen LogP contribution >= 0.6 is 0 Å². The first-order chi connectivity index (χ1) is 12.8. The lowest BCUT2D eigenvalue weighted by Gasteiger charge is -2.21. The highest BCUT2D eigenvalue weighted by Crippen LogP contribution is 2.17. The molecule has 4 amide bonds. The molecule has 0 bridgehead atoms. The van der Waals surface area contributed by atoms with Crippen molar-refractivity contribution in [1.82, 2.24) is 16.0 Å². The molecule has 1 rings (SSSR count). The van der Waals surface area contributed by atoms with E-state index in [4.69, 9.17) is 9.47 Å². The number of rotatable bonds is 8. The average molecular weight is 379 g/mol. The van der Waals surface area contributed by atoms with E-state index in [-0.39, 0.29) is 11.5 Å². The highest BCUT2D eigenvalue weighted by atomic mass is 16.5. The standard InChI is InChI=1S/C18H25N3O6/c1-5-19-18(25)20-14(22)10-27-17(24)15(11(2)3)21-16(23)12-8-6-7-9-13(12)26-4/h6-9,11,15H,5,10H2,1-4H3,(H,21,23)(H2,19,20,22,25)/t15-/m0/s1. The number of carbonyl (C=O) groups excluding carboxylic acids is 4. The summed E-state index contributed by atoms with van der Waals surface area (Å²) in [6.45, 7) is 4.86. The van der Waals surface area contributed by atoms with Crippen LogP contribution in [0.15, 0.2) is 24.3 Å². The maximum Gasteiger partial charge on any atom is 0.329 e. The van der Waals surface area contributed by atoms with Crippen molar-refractivity contribution >= 4 is 23.8 Å². The molecule has 0 aliphatic heterocycles. The van der Waals surface area contributed by atoms with Crippen LogP contribution in [0.5, 0.6) is 5.75 Å². The Kier molecular flexibility index (Phi) is 8.77. The second kappa shape index (κ2) is 10.8. The van der Waals surface area contributed by atoms with Crippen molar-refractivity contribution in [3.63, 3.8) is 0 Å². The highest BCUT2D eigenvalue weighted by Gasteiger charge is 2.27. The summed E-state index contributed by atoms with van der Waals surface area (Å²) in [5.74, 6) is -1.98. The van der Waals surface area contributed by atoms with Crippen LogP contribution in [-0.4, -0.2) is 50.1 Å². The molecule has 3 N–H and O–H groups in total. The molecule has 1 aromatic carbocycles. The Morgan fingerprint density at radius 3 is 2.37 bits per heavy atom. The maximum absolute atomic E-state index is 12.5. The number of esters is 1. The number of nitrogens with one attached hydrogen (secondary N) is 3. The molecule has 1 aromatic rings. The smallest absolute Gasteiger partial charge is 0.329 e. The zero-order valence-electron chi connectivity index (χ0n) is 15.8. The first-order valence-corrected chi connectivity index (χ1v) is 8.48. The quantitative estimate of drug-likeness (QED) is 0.575. The molecule has 0 saturated carbocycles. The summed E-state index contributed by atoms with van der Waals surface area (Å²) in [6.07, 6.45) is 0. The van der Waals surface area contributed by atoms with Crippen LogP contribution in [0.4, 0.5) is 4.79 Å². The number of benzene rings is 1. The lowest BCUT2D eigenvalue weighted by Crippen LogP contribution is -2.47. The molecule has 0 aliphatic rings. The van der Waals surface area contributed by atoms with Gasteiger partial charge in [-0.15, -0.1) is 0 Å². The molecule has 27 heavy (non-hydrogen) atoms. The summed E-state index contributed by atoms with van der Waals surface area (Å²) in [5, 5.41) is 6.98. The second-order valence-corrected chi connectivity index (χ2v) is 5.91. The molecule has 0 fully saturated rings. The molecule has 1 atom stereocenters. The summed E-state index contributed by atoms with van der Waals surface area (Å²) in [5.41, 5.74) is 0.271. The van der Waals surface area contributed by atoms with Gasteiger partial charge < -0.3 is 20.1 Å². The van der Waals surface area contributed by atoms with Crippen molar-refractivity contribution in [2.75, 3.05) is 20.3 Å². The molecule has 0 saturated heterocycles. The van der Waals surface area contributed by atoms with Crippen LogP contribution < -0.4 is 20.7 Å². The van der Waals surface area contributed by atoms with Gasteiger partial charge in [0.2, 0.25) is 0 Å². The van der Waals surface area contributed by atoms with Gasteiger partial charge in [-0.3, -0.25) is 14.9 Å². The maximum atomic E-state index is 12.5. The molecule has 0 aliphatic carbocycles. The number of para-hydroxylation sites is 1. The van der Waals surface area contributed by atoms with E-state index < -0.39 is 36.5 Å². The Morgan fingerprint density at radius 2 is 1.78 bits per heavy atom. The van der Waals surface area contributed by atoms with E-state index in [0.29, 0.717) is 12.3 Å². The molecular formula is C18H25N3O6. The van der Waals surface area contributed by atoms with E-state index in [2.05, 4.69) is 10.6 Å². The molecule has 0 unspecified atom stereocenters. The third-order valence-corrected chi connectivity index (χ3v) is 3.49. The third kappa shape index (κ3) is 6.96. The summed E-state index contributed by atoms with van der Waals surface area (Å²) in [4.78, 5) is 47.6. The van der Waals surface area contributed by atoms with Crippen molar-refractivity contribution < 1.29 is 28.7 Å². The Labute approximate surface area is 157 Å².